The van der Waals surface area contributed by atoms with Gasteiger partial charge in [0.05, 0.1) is 43.6 Å². The van der Waals surface area contributed by atoms with Crippen molar-refractivity contribution < 1.29 is 72.7 Å². The van der Waals surface area contributed by atoms with Gasteiger partial charge in [-0.3, -0.25) is 9.59 Å². The van der Waals surface area contributed by atoms with Crippen molar-refractivity contribution in [3.8, 4) is 114 Å². The minimum atomic E-state index is -3.83. The van der Waals surface area contributed by atoms with Crippen molar-refractivity contribution in [2.75, 3.05) is 14.2 Å². The smallest absolute Gasteiger partial charge is 0.206 e. The predicted molar refractivity (Wildman–Crippen MR) is 547 cm³/mol. The van der Waals surface area contributed by atoms with E-state index in [-0.39, 0.29) is 130 Å². The molecule has 0 saturated carbocycles. The molecule has 0 aliphatic rings. The number of ether oxygens (including phenoxy) is 8. The van der Waals surface area contributed by atoms with E-state index < -0.39 is 29.5 Å². The molecular weight excluding hydrogens is 1720 g/mol. The first-order valence-electron chi connectivity index (χ1n) is 38.2. The summed E-state index contributed by atoms with van der Waals surface area (Å²) in [6, 6.07) is 113. The Bertz CT molecular complexity index is 6650. The van der Waals surface area contributed by atoms with E-state index in [4.69, 9.17) is 37.9 Å². The average Bonchev–Trinajstić information content (AvgIpc) is 0.814. The van der Waals surface area contributed by atoms with Crippen molar-refractivity contribution >= 4 is 41.1 Å². The summed E-state index contributed by atoms with van der Waals surface area (Å²) in [5.41, 5.74) is 10.2. The molecule has 0 atom stereocenters. The van der Waals surface area contributed by atoms with Crippen LogP contribution in [0, 0.1) is 13.8 Å². The number of hydrogen-bond acceptors (Lipinski definition) is 16. The maximum absolute atomic E-state index is 13.5. The van der Waals surface area contributed by atoms with Gasteiger partial charge in [0.25, 0.3) is 0 Å². The van der Waals surface area contributed by atoms with E-state index in [9.17, 15) is 34.8 Å². The van der Waals surface area contributed by atoms with Gasteiger partial charge in [-0.15, -0.1) is 0 Å². The minimum absolute atomic E-state index is 0. The molecular formula is C114H124O16S3. The summed E-state index contributed by atoms with van der Waals surface area (Å²) in [7, 11) is -7.86. The van der Waals surface area contributed by atoms with Crippen LogP contribution >= 0.6 is 0 Å². The lowest BCUT2D eigenvalue weighted by molar-refractivity contribution is 0.103. The van der Waals surface area contributed by atoms with E-state index in [1.807, 2.05) is 159 Å². The normalized spacial score (nSPS) is 10.2. The topological polar surface area (TPSA) is 210 Å². The number of hydrogen-bond donors (Lipinski definition) is 0. The quantitative estimate of drug-likeness (QED) is 0.0438. The fraction of sp³-hybridized carbons (Fsp3) is 0.140. The summed E-state index contributed by atoms with van der Waals surface area (Å²) in [5, 5.41) is 0. The molecule has 133 heavy (non-hydrogen) atoms. The highest BCUT2D eigenvalue weighted by Crippen LogP contribution is 2.37. The first-order valence-corrected chi connectivity index (χ1v) is 42.6. The van der Waals surface area contributed by atoms with Crippen LogP contribution in [0.15, 0.2) is 418 Å². The molecule has 19 heteroatoms. The zero-order valence-electron chi connectivity index (χ0n) is 65.7. The van der Waals surface area contributed by atoms with Crippen LogP contribution in [-0.2, 0) is 29.5 Å². The number of aryl methyl sites for hydroxylation is 2. The predicted octanol–water partition coefficient (Wildman–Crippen LogP) is 32.4. The summed E-state index contributed by atoms with van der Waals surface area (Å²) in [5.74, 6) is 8.09. The van der Waals surface area contributed by atoms with Crippen LogP contribution in [0.2, 0.25) is 0 Å². The van der Waals surface area contributed by atoms with E-state index in [2.05, 4.69) is 0 Å². The molecule has 0 N–H and O–H groups in total. The summed E-state index contributed by atoms with van der Waals surface area (Å²) in [6.07, 6.45) is 0. The molecule has 694 valence electrons. The number of benzene rings is 16. The van der Waals surface area contributed by atoms with E-state index in [0.29, 0.717) is 97.0 Å². The van der Waals surface area contributed by atoms with Gasteiger partial charge in [-0.2, -0.15) is 0 Å². The maximum atomic E-state index is 13.5. The highest BCUT2D eigenvalue weighted by Gasteiger charge is 2.22. The number of carbonyl (C=O) groups excluding carboxylic acids is 2. The first kappa shape index (κ1) is 112. The second-order valence-electron chi connectivity index (χ2n) is 27.9. The number of sulfone groups is 3. The zero-order chi connectivity index (χ0) is 84.0. The molecule has 0 radical (unpaired) electrons. The molecule has 0 unspecified atom stereocenters. The van der Waals surface area contributed by atoms with Gasteiger partial charge >= 0.3 is 0 Å². The maximum Gasteiger partial charge on any atom is 0.206 e. The van der Waals surface area contributed by atoms with Gasteiger partial charge in [0.15, 0.2) is 11.6 Å². The SMILES string of the molecule is C.C.C.C.C.C.C.C.C.C.C.C.COc1ccc(-c2ccc(Oc3ccc(C(=O)c4ccc(Oc5ccc(-c6ccc(Oc7ccc(S(=O)(=O)c8ccc(C)cc8)cc7)cc6)cc5)cc4)cc3)cc2)cc1.COc1ccc(C(=O)c2ccc(Oc3ccc(S(=O)(=O)c4ccc(Oc5ccc(-c6ccc(Oc7ccc(S(=O)(=O)c8ccc(C)cc8)cc7)cc6)cc5)cc4)cc3)cc2)cc1. The van der Waals surface area contributed by atoms with E-state index in [1.54, 1.807) is 220 Å². The lowest BCUT2D eigenvalue weighted by Gasteiger charge is -2.10. The Labute approximate surface area is 790 Å². The van der Waals surface area contributed by atoms with Gasteiger partial charge < -0.3 is 37.9 Å². The molecule has 0 saturated heterocycles. The summed E-state index contributed by atoms with van der Waals surface area (Å²) in [4.78, 5) is 27.2. The Kier molecular flexibility index (Phi) is 42.5. The summed E-state index contributed by atoms with van der Waals surface area (Å²) in [6.45, 7) is 3.82. The third kappa shape index (κ3) is 27.6. The van der Waals surface area contributed by atoms with E-state index >= 15 is 0 Å². The Morgan fingerprint density at radius 2 is 0.278 bits per heavy atom. The van der Waals surface area contributed by atoms with Crippen LogP contribution in [0.1, 0.15) is 132 Å². The fourth-order valence-electron chi connectivity index (χ4n) is 12.9. The van der Waals surface area contributed by atoms with Crippen molar-refractivity contribution in [1.29, 1.82) is 0 Å². The first-order chi connectivity index (χ1) is 58.6. The van der Waals surface area contributed by atoms with Crippen LogP contribution in [0.3, 0.4) is 0 Å². The van der Waals surface area contributed by atoms with Crippen LogP contribution in [-0.4, -0.2) is 51.0 Å². The van der Waals surface area contributed by atoms with Crippen LogP contribution in [0.4, 0.5) is 0 Å². The molecule has 0 amide bonds. The molecule has 0 aromatic heterocycles. The van der Waals surface area contributed by atoms with Gasteiger partial charge in [0.2, 0.25) is 29.5 Å². The third-order valence-corrected chi connectivity index (χ3v) is 25.0. The van der Waals surface area contributed by atoms with Gasteiger partial charge in [0.1, 0.15) is 80.5 Å². The molecule has 16 rings (SSSR count). The van der Waals surface area contributed by atoms with E-state index in [1.165, 1.54) is 36.4 Å². The number of methoxy groups -OCH3 is 2. The molecule has 0 spiro atoms. The number of rotatable bonds is 27. The third-order valence-electron chi connectivity index (χ3n) is 19.7. The number of ketones is 2. The molecule has 0 aliphatic carbocycles. The lowest BCUT2D eigenvalue weighted by Crippen LogP contribution is -2.02. The van der Waals surface area contributed by atoms with Crippen LogP contribution in [0.5, 0.6) is 80.5 Å². The Morgan fingerprint density at radius 1 is 0.165 bits per heavy atom. The summed E-state index contributed by atoms with van der Waals surface area (Å²) < 4.78 is 125. The van der Waals surface area contributed by atoms with Gasteiger partial charge in [-0.05, 0) is 338 Å². The van der Waals surface area contributed by atoms with E-state index in [0.717, 1.165) is 50.3 Å². The lowest BCUT2D eigenvalue weighted by atomic mass is 10.0. The highest BCUT2D eigenvalue weighted by molar-refractivity contribution is 7.92. The highest BCUT2D eigenvalue weighted by atomic mass is 32.2. The van der Waals surface area contributed by atoms with Crippen molar-refractivity contribution in [1.82, 2.24) is 0 Å². The van der Waals surface area contributed by atoms with Crippen molar-refractivity contribution in [2.45, 2.75) is 132 Å². The Balaban J connectivity index is 0.000000629. The fourth-order valence-corrected chi connectivity index (χ4v) is 16.6. The molecule has 16 aromatic rings. The summed E-state index contributed by atoms with van der Waals surface area (Å²) >= 11 is 0. The van der Waals surface area contributed by atoms with Crippen LogP contribution in [0.25, 0.3) is 33.4 Å². The number of carbonyl (C=O) groups is 2. The Morgan fingerprint density at radius 3 is 0.421 bits per heavy atom. The molecule has 16 aromatic carbocycles. The largest absolute Gasteiger partial charge is 0.497 e. The zero-order valence-corrected chi connectivity index (χ0v) is 68.2. The van der Waals surface area contributed by atoms with Gasteiger partial charge in [-0.25, -0.2) is 25.3 Å². The molecule has 0 aliphatic heterocycles. The molecule has 0 fully saturated rings. The second kappa shape index (κ2) is 50.3. The molecule has 0 heterocycles. The molecule has 16 nitrogen and oxygen atoms in total. The van der Waals surface area contributed by atoms with Crippen molar-refractivity contribution in [3.63, 3.8) is 0 Å². The standard InChI is InChI=1S/C51H38O9S2.C51H38O7S.12CH4/c1-35-3-27-47(28-4-35)61(53,54)48-29-21-44(22-30-48)58-41-15-5-36(6-16-41)37-7-17-42(18-8-37)59-45-23-31-49(32-24-45)62(55,56)50-33-25-46(26-34-50)60-43-19-11-39(12-20-43)51(52)38-9-13-40(57-2)14-10-38;1-35-3-31-49(32-4-35)59(53,54)50-33-29-48(30-34-50)58-45-23-11-39(12-24-45)38-9-21-44(22-10-38)57-47-27-15-41(16-28-47)51(52)40-13-25-46(26-14-40)56-43-19-7-37(8-20-43)36-5-17-42(55-2)18-6-36;;;;;;;;;;;;/h3-34H,1-2H3;3-34H,1-2H3;12*1H4. The monoisotopic (exact) mass is 1840 g/mol. The molecule has 0 bridgehead atoms. The second-order valence-corrected chi connectivity index (χ2v) is 33.8. The van der Waals surface area contributed by atoms with Crippen molar-refractivity contribution in [2.24, 2.45) is 0 Å². The van der Waals surface area contributed by atoms with Gasteiger partial charge in [0, 0.05) is 22.3 Å². The van der Waals surface area contributed by atoms with Gasteiger partial charge in [-0.1, -0.05) is 197 Å². The minimum Gasteiger partial charge on any atom is -0.497 e. The van der Waals surface area contributed by atoms with Crippen LogP contribution < -0.4 is 37.9 Å². The Hall–Kier alpha value is -14.9. The van der Waals surface area contributed by atoms with Crippen molar-refractivity contribution in [3.05, 3.63) is 422 Å². The average molecular weight is 1850 g/mol.